The van der Waals surface area contributed by atoms with Crippen LogP contribution < -0.4 is 5.32 Å². The van der Waals surface area contributed by atoms with Gasteiger partial charge in [0.25, 0.3) is 0 Å². The Balaban J connectivity index is 1.92. The maximum absolute atomic E-state index is 6.12. The summed E-state index contributed by atoms with van der Waals surface area (Å²) in [5.74, 6) is 0. The molecule has 0 saturated carbocycles. The van der Waals surface area contributed by atoms with Crippen LogP contribution in [0.25, 0.3) is 0 Å². The number of halogens is 3. The van der Waals surface area contributed by atoms with E-state index in [1.807, 2.05) is 24.3 Å². The Hall–Kier alpha value is -0.540. The van der Waals surface area contributed by atoms with Gasteiger partial charge < -0.3 is 5.32 Å². The molecule has 0 saturated heterocycles. The molecule has 2 aromatic carbocycles. The van der Waals surface area contributed by atoms with Gasteiger partial charge in [0.1, 0.15) is 0 Å². The summed E-state index contributed by atoms with van der Waals surface area (Å²) in [4.78, 5) is 0. The van der Waals surface area contributed by atoms with E-state index in [1.165, 1.54) is 5.56 Å². The van der Waals surface area contributed by atoms with Gasteiger partial charge in [0.05, 0.1) is 10.0 Å². The van der Waals surface area contributed by atoms with Crippen molar-refractivity contribution in [1.29, 1.82) is 0 Å². The monoisotopic (exact) mass is 343 g/mol. The summed E-state index contributed by atoms with van der Waals surface area (Å²) in [6.07, 6.45) is 0. The third-order valence-electron chi connectivity index (χ3n) is 2.59. The molecule has 0 unspecified atom stereocenters. The molecule has 0 atom stereocenters. The van der Waals surface area contributed by atoms with Gasteiger partial charge in [-0.15, -0.1) is 0 Å². The molecule has 0 fully saturated rings. The maximum atomic E-state index is 6.12. The molecule has 2 rings (SSSR count). The van der Waals surface area contributed by atoms with E-state index in [-0.39, 0.29) is 0 Å². The summed E-state index contributed by atoms with van der Waals surface area (Å²) >= 11 is 15.5. The Morgan fingerprint density at radius 2 is 1.67 bits per heavy atom. The summed E-state index contributed by atoms with van der Waals surface area (Å²) in [5.41, 5.74) is 2.25. The number of hydrogen-bond donors (Lipinski definition) is 1. The number of hydrogen-bond acceptors (Lipinski definition) is 1. The minimum Gasteiger partial charge on any atom is -0.309 e. The van der Waals surface area contributed by atoms with E-state index in [4.69, 9.17) is 23.2 Å². The molecule has 0 aliphatic carbocycles. The lowest BCUT2D eigenvalue weighted by atomic mass is 10.2. The molecule has 1 N–H and O–H groups in total. The molecule has 94 valence electrons. The van der Waals surface area contributed by atoms with Crippen LogP contribution in [-0.4, -0.2) is 0 Å². The predicted molar refractivity (Wildman–Crippen MR) is 81.1 cm³/mol. The lowest BCUT2D eigenvalue weighted by molar-refractivity contribution is 0.693. The topological polar surface area (TPSA) is 12.0 Å². The van der Waals surface area contributed by atoms with Gasteiger partial charge in [0.2, 0.25) is 0 Å². The van der Waals surface area contributed by atoms with E-state index in [0.29, 0.717) is 16.6 Å². The van der Waals surface area contributed by atoms with E-state index >= 15 is 0 Å². The van der Waals surface area contributed by atoms with Crippen molar-refractivity contribution in [3.8, 4) is 0 Å². The van der Waals surface area contributed by atoms with Crippen LogP contribution in [0, 0.1) is 0 Å². The summed E-state index contributed by atoms with van der Waals surface area (Å²) in [5, 5.41) is 4.57. The van der Waals surface area contributed by atoms with Crippen molar-refractivity contribution >= 4 is 39.1 Å². The molecule has 4 heteroatoms. The predicted octanol–water partition coefficient (Wildman–Crippen LogP) is 5.05. The van der Waals surface area contributed by atoms with Gasteiger partial charge in [-0.25, -0.2) is 0 Å². The largest absolute Gasteiger partial charge is 0.309 e. The van der Waals surface area contributed by atoms with E-state index in [1.54, 1.807) is 6.07 Å². The van der Waals surface area contributed by atoms with Crippen LogP contribution in [0.4, 0.5) is 0 Å². The van der Waals surface area contributed by atoms with E-state index in [9.17, 15) is 0 Å². The fraction of sp³-hybridized carbons (Fsp3) is 0.143. The molecule has 0 aromatic heterocycles. The lowest BCUT2D eigenvalue weighted by Gasteiger charge is -2.08. The first-order chi connectivity index (χ1) is 8.66. The highest BCUT2D eigenvalue weighted by Crippen LogP contribution is 2.25. The van der Waals surface area contributed by atoms with Gasteiger partial charge in [-0.1, -0.05) is 63.4 Å². The molecule has 1 nitrogen and oxygen atoms in total. The number of nitrogens with one attached hydrogen (secondary N) is 1. The molecule has 0 heterocycles. The molecular weight excluding hydrogens is 333 g/mol. The molecule has 18 heavy (non-hydrogen) atoms. The molecule has 0 aliphatic heterocycles. The Kier molecular flexibility index (Phi) is 5.07. The van der Waals surface area contributed by atoms with Crippen LogP contribution in [0.3, 0.4) is 0 Å². The standard InChI is InChI=1S/C14H12BrCl2N/c15-12-6-4-10(5-7-12)8-18-9-11-2-1-3-13(16)14(11)17/h1-7,18H,8-9H2. The number of rotatable bonds is 4. The van der Waals surface area contributed by atoms with Gasteiger partial charge in [-0.3, -0.25) is 0 Å². The first-order valence-corrected chi connectivity index (χ1v) is 7.10. The summed E-state index contributed by atoms with van der Waals surface area (Å²) in [7, 11) is 0. The lowest BCUT2D eigenvalue weighted by Crippen LogP contribution is -2.12. The Morgan fingerprint density at radius 3 is 2.39 bits per heavy atom. The normalized spacial score (nSPS) is 10.6. The Bertz CT molecular complexity index is 526. The fourth-order valence-corrected chi connectivity index (χ4v) is 2.28. The van der Waals surface area contributed by atoms with Gasteiger partial charge >= 0.3 is 0 Å². The SMILES string of the molecule is Clc1cccc(CNCc2ccc(Br)cc2)c1Cl. The fourth-order valence-electron chi connectivity index (χ4n) is 1.63. The highest BCUT2D eigenvalue weighted by Gasteiger charge is 2.03. The molecule has 0 aliphatic rings. The van der Waals surface area contributed by atoms with E-state index in [2.05, 4.69) is 33.4 Å². The van der Waals surface area contributed by atoms with Crippen LogP contribution >= 0.6 is 39.1 Å². The Morgan fingerprint density at radius 1 is 0.944 bits per heavy atom. The smallest absolute Gasteiger partial charge is 0.0637 e. The van der Waals surface area contributed by atoms with Crippen molar-refractivity contribution in [2.45, 2.75) is 13.1 Å². The van der Waals surface area contributed by atoms with Crippen LogP contribution in [0.5, 0.6) is 0 Å². The zero-order chi connectivity index (χ0) is 13.0. The van der Waals surface area contributed by atoms with Crippen molar-refractivity contribution in [3.05, 3.63) is 68.1 Å². The van der Waals surface area contributed by atoms with Crippen LogP contribution in [-0.2, 0) is 13.1 Å². The number of benzene rings is 2. The molecule has 0 radical (unpaired) electrons. The zero-order valence-electron chi connectivity index (χ0n) is 9.59. The highest BCUT2D eigenvalue weighted by atomic mass is 79.9. The molecule has 0 bridgehead atoms. The van der Waals surface area contributed by atoms with Crippen molar-refractivity contribution in [3.63, 3.8) is 0 Å². The van der Waals surface area contributed by atoms with E-state index < -0.39 is 0 Å². The minimum absolute atomic E-state index is 0.597. The second-order valence-electron chi connectivity index (χ2n) is 3.94. The Labute approximate surface area is 125 Å². The van der Waals surface area contributed by atoms with Crippen LogP contribution in [0.2, 0.25) is 10.0 Å². The van der Waals surface area contributed by atoms with Crippen LogP contribution in [0.1, 0.15) is 11.1 Å². The second-order valence-corrected chi connectivity index (χ2v) is 5.64. The van der Waals surface area contributed by atoms with Crippen molar-refractivity contribution in [2.24, 2.45) is 0 Å². The summed E-state index contributed by atoms with van der Waals surface area (Å²) in [6, 6.07) is 13.9. The summed E-state index contributed by atoms with van der Waals surface area (Å²) < 4.78 is 1.09. The zero-order valence-corrected chi connectivity index (χ0v) is 12.7. The highest BCUT2D eigenvalue weighted by molar-refractivity contribution is 9.10. The quantitative estimate of drug-likeness (QED) is 0.818. The van der Waals surface area contributed by atoms with Gasteiger partial charge in [-0.05, 0) is 29.3 Å². The van der Waals surface area contributed by atoms with Crippen molar-refractivity contribution in [1.82, 2.24) is 5.32 Å². The minimum atomic E-state index is 0.597. The van der Waals surface area contributed by atoms with Crippen molar-refractivity contribution < 1.29 is 0 Å². The maximum Gasteiger partial charge on any atom is 0.0637 e. The summed E-state index contributed by atoms with van der Waals surface area (Å²) in [6.45, 7) is 1.51. The third kappa shape index (κ3) is 3.72. The average Bonchev–Trinajstić information content (AvgIpc) is 2.37. The van der Waals surface area contributed by atoms with Crippen LogP contribution in [0.15, 0.2) is 46.9 Å². The first kappa shape index (κ1) is 13.9. The molecule has 0 amide bonds. The third-order valence-corrected chi connectivity index (χ3v) is 3.98. The first-order valence-electron chi connectivity index (χ1n) is 5.55. The second kappa shape index (κ2) is 6.58. The average molecular weight is 345 g/mol. The molecule has 2 aromatic rings. The van der Waals surface area contributed by atoms with E-state index in [0.717, 1.165) is 16.6 Å². The van der Waals surface area contributed by atoms with Gasteiger partial charge in [0, 0.05) is 17.6 Å². The molecule has 0 spiro atoms. The van der Waals surface area contributed by atoms with Gasteiger partial charge in [-0.2, -0.15) is 0 Å². The van der Waals surface area contributed by atoms with Gasteiger partial charge in [0.15, 0.2) is 0 Å². The van der Waals surface area contributed by atoms with Crippen molar-refractivity contribution in [2.75, 3.05) is 0 Å². The molecular formula is C14H12BrCl2N.